The highest BCUT2D eigenvalue weighted by molar-refractivity contribution is 5.97. The van der Waals surface area contributed by atoms with Crippen molar-refractivity contribution < 1.29 is 28.6 Å². The van der Waals surface area contributed by atoms with E-state index in [4.69, 9.17) is 19.9 Å². The van der Waals surface area contributed by atoms with E-state index in [-0.39, 0.29) is 17.7 Å². The molecule has 1 aliphatic heterocycles. The molecule has 0 saturated carbocycles. The lowest BCUT2D eigenvalue weighted by atomic mass is 9.95. The van der Waals surface area contributed by atoms with Crippen LogP contribution in [0.3, 0.4) is 0 Å². The lowest BCUT2D eigenvalue weighted by molar-refractivity contribution is -0.121. The largest absolute Gasteiger partial charge is 0.493 e. The molecular formula is C23H27N3O6. The Hall–Kier alpha value is -3.75. The molecule has 1 aliphatic rings. The van der Waals surface area contributed by atoms with E-state index in [0.29, 0.717) is 60.0 Å². The summed E-state index contributed by atoms with van der Waals surface area (Å²) in [6, 6.07) is 9.66. The first-order chi connectivity index (χ1) is 15.4. The number of anilines is 1. The van der Waals surface area contributed by atoms with Crippen molar-refractivity contribution in [2.24, 2.45) is 11.7 Å². The van der Waals surface area contributed by atoms with Crippen LogP contribution >= 0.6 is 0 Å². The molecule has 0 aliphatic carbocycles. The lowest BCUT2D eigenvalue weighted by Crippen LogP contribution is -2.41. The number of ether oxygens (including phenoxy) is 3. The molecule has 1 heterocycles. The summed E-state index contributed by atoms with van der Waals surface area (Å²) >= 11 is 0. The minimum absolute atomic E-state index is 0.114. The topological polar surface area (TPSA) is 120 Å². The number of nitrogens with two attached hydrogens (primary N) is 1. The lowest BCUT2D eigenvalue weighted by Gasteiger charge is -2.31. The van der Waals surface area contributed by atoms with Crippen molar-refractivity contribution in [3.8, 4) is 17.2 Å². The summed E-state index contributed by atoms with van der Waals surface area (Å²) in [4.78, 5) is 38.5. The first-order valence-corrected chi connectivity index (χ1v) is 10.2. The number of methoxy groups -OCH3 is 3. The number of nitrogens with zero attached hydrogens (tertiary/aromatic N) is 1. The van der Waals surface area contributed by atoms with Gasteiger partial charge in [-0.3, -0.25) is 14.4 Å². The molecule has 0 atom stereocenters. The van der Waals surface area contributed by atoms with E-state index >= 15 is 0 Å². The van der Waals surface area contributed by atoms with Crippen LogP contribution < -0.4 is 25.3 Å². The maximum Gasteiger partial charge on any atom is 0.254 e. The Morgan fingerprint density at radius 3 is 1.94 bits per heavy atom. The van der Waals surface area contributed by atoms with Gasteiger partial charge >= 0.3 is 0 Å². The minimum atomic E-state index is -0.521. The molecule has 9 nitrogen and oxygen atoms in total. The van der Waals surface area contributed by atoms with Gasteiger partial charge in [0.1, 0.15) is 0 Å². The maximum atomic E-state index is 13.0. The summed E-state index contributed by atoms with van der Waals surface area (Å²) in [6.45, 7) is 0.905. The van der Waals surface area contributed by atoms with E-state index in [9.17, 15) is 14.4 Å². The second-order valence-corrected chi connectivity index (χ2v) is 7.41. The van der Waals surface area contributed by atoms with Gasteiger partial charge in [-0.15, -0.1) is 0 Å². The SMILES string of the molecule is COc1cc(C(=O)N2CCC(C(=O)Nc3ccc(C(N)=O)cc3)CC2)cc(OC)c1OC. The van der Waals surface area contributed by atoms with Crippen LogP contribution in [0, 0.1) is 5.92 Å². The molecular weight excluding hydrogens is 414 g/mol. The summed E-state index contributed by atoms with van der Waals surface area (Å²) in [6.07, 6.45) is 1.09. The first-order valence-electron chi connectivity index (χ1n) is 10.2. The molecule has 2 aromatic carbocycles. The Labute approximate surface area is 186 Å². The average molecular weight is 441 g/mol. The van der Waals surface area contributed by atoms with Crippen molar-refractivity contribution in [2.75, 3.05) is 39.7 Å². The first kappa shape index (κ1) is 22.9. The number of rotatable bonds is 7. The molecule has 1 saturated heterocycles. The zero-order chi connectivity index (χ0) is 23.3. The number of carbonyl (C=O) groups excluding carboxylic acids is 3. The number of nitrogens with one attached hydrogen (secondary N) is 1. The summed E-state index contributed by atoms with van der Waals surface area (Å²) in [5.74, 6) is 0.230. The van der Waals surface area contributed by atoms with Gasteiger partial charge in [0.25, 0.3) is 5.91 Å². The van der Waals surface area contributed by atoms with Gasteiger partial charge in [0.15, 0.2) is 11.5 Å². The van der Waals surface area contributed by atoms with Gasteiger partial charge in [-0.25, -0.2) is 0 Å². The predicted molar refractivity (Wildman–Crippen MR) is 118 cm³/mol. The Morgan fingerprint density at radius 1 is 0.906 bits per heavy atom. The summed E-state index contributed by atoms with van der Waals surface area (Å²) < 4.78 is 16.0. The number of amides is 3. The second kappa shape index (κ2) is 10.0. The Morgan fingerprint density at radius 2 is 1.47 bits per heavy atom. The Bertz CT molecular complexity index is 972. The van der Waals surface area contributed by atoms with Crippen LogP contribution in [-0.2, 0) is 4.79 Å². The van der Waals surface area contributed by atoms with Gasteiger partial charge in [0.2, 0.25) is 17.6 Å². The van der Waals surface area contributed by atoms with E-state index in [1.54, 1.807) is 41.3 Å². The summed E-state index contributed by atoms with van der Waals surface area (Å²) in [5, 5.41) is 2.85. The second-order valence-electron chi connectivity index (χ2n) is 7.41. The van der Waals surface area contributed by atoms with Gasteiger partial charge in [-0.1, -0.05) is 0 Å². The Balaban J connectivity index is 1.62. The van der Waals surface area contributed by atoms with E-state index in [1.165, 1.54) is 21.3 Å². The molecule has 3 amide bonds. The van der Waals surface area contributed by atoms with Crippen molar-refractivity contribution in [3.05, 3.63) is 47.5 Å². The fraction of sp³-hybridized carbons (Fsp3) is 0.348. The van der Waals surface area contributed by atoms with Crippen LogP contribution in [-0.4, -0.2) is 57.0 Å². The van der Waals surface area contributed by atoms with E-state index in [0.717, 1.165) is 0 Å². The number of hydrogen-bond acceptors (Lipinski definition) is 6. The quantitative estimate of drug-likeness (QED) is 0.680. The molecule has 9 heteroatoms. The molecule has 0 spiro atoms. The standard InChI is InChI=1S/C23H27N3O6/c1-30-18-12-16(13-19(31-2)20(18)32-3)23(29)26-10-8-15(9-11-26)22(28)25-17-6-4-14(5-7-17)21(24)27/h4-7,12-13,15H,8-11H2,1-3H3,(H2,24,27)(H,25,28). The van der Waals surface area contributed by atoms with Gasteiger partial charge in [-0.05, 0) is 49.2 Å². The minimum Gasteiger partial charge on any atom is -0.493 e. The van der Waals surface area contributed by atoms with E-state index in [1.807, 2.05) is 0 Å². The fourth-order valence-electron chi connectivity index (χ4n) is 3.69. The number of piperidine rings is 1. The normalized spacial score (nSPS) is 13.9. The summed E-state index contributed by atoms with van der Waals surface area (Å²) in [7, 11) is 4.50. The zero-order valence-corrected chi connectivity index (χ0v) is 18.3. The molecule has 0 aromatic heterocycles. The molecule has 3 N–H and O–H groups in total. The van der Waals surface area contributed by atoms with Crippen molar-refractivity contribution in [1.29, 1.82) is 0 Å². The molecule has 2 aromatic rings. The third-order valence-corrected chi connectivity index (χ3v) is 5.50. The van der Waals surface area contributed by atoms with Crippen LogP contribution in [0.15, 0.2) is 36.4 Å². The number of likely N-dealkylation sites (tertiary alicyclic amines) is 1. The average Bonchev–Trinajstić information content (AvgIpc) is 2.82. The monoisotopic (exact) mass is 441 g/mol. The number of carbonyl (C=O) groups is 3. The maximum absolute atomic E-state index is 13.0. The van der Waals surface area contributed by atoms with Crippen molar-refractivity contribution in [3.63, 3.8) is 0 Å². The third-order valence-electron chi connectivity index (χ3n) is 5.50. The molecule has 0 radical (unpaired) electrons. The molecule has 0 bridgehead atoms. The van der Waals surface area contributed by atoms with Crippen molar-refractivity contribution in [1.82, 2.24) is 4.90 Å². The number of primary amides is 1. The third kappa shape index (κ3) is 4.93. The smallest absolute Gasteiger partial charge is 0.254 e. The number of hydrogen-bond donors (Lipinski definition) is 2. The van der Waals surface area contributed by atoms with Crippen molar-refractivity contribution >= 4 is 23.4 Å². The van der Waals surface area contributed by atoms with Crippen LogP contribution in [0.25, 0.3) is 0 Å². The van der Waals surface area contributed by atoms with Crippen LogP contribution in [0.4, 0.5) is 5.69 Å². The van der Waals surface area contributed by atoms with Gasteiger partial charge < -0.3 is 30.2 Å². The van der Waals surface area contributed by atoms with Crippen molar-refractivity contribution in [2.45, 2.75) is 12.8 Å². The van der Waals surface area contributed by atoms with E-state index in [2.05, 4.69) is 5.32 Å². The van der Waals surface area contributed by atoms with Gasteiger partial charge in [0, 0.05) is 35.8 Å². The van der Waals surface area contributed by atoms with Gasteiger partial charge in [0.05, 0.1) is 21.3 Å². The highest BCUT2D eigenvalue weighted by Gasteiger charge is 2.29. The zero-order valence-electron chi connectivity index (χ0n) is 18.3. The summed E-state index contributed by atoms with van der Waals surface area (Å²) in [5.41, 5.74) is 6.63. The van der Waals surface area contributed by atoms with Crippen LogP contribution in [0.2, 0.25) is 0 Å². The fourth-order valence-corrected chi connectivity index (χ4v) is 3.69. The molecule has 0 unspecified atom stereocenters. The molecule has 3 rings (SSSR count). The van der Waals surface area contributed by atoms with Crippen LogP contribution in [0.5, 0.6) is 17.2 Å². The van der Waals surface area contributed by atoms with Gasteiger partial charge in [-0.2, -0.15) is 0 Å². The Kier molecular flexibility index (Phi) is 7.19. The predicted octanol–water partition coefficient (Wildman–Crippen LogP) is 2.30. The van der Waals surface area contributed by atoms with Crippen LogP contribution in [0.1, 0.15) is 33.6 Å². The highest BCUT2D eigenvalue weighted by atomic mass is 16.5. The highest BCUT2D eigenvalue weighted by Crippen LogP contribution is 2.38. The molecule has 1 fully saturated rings. The molecule has 32 heavy (non-hydrogen) atoms. The van der Waals surface area contributed by atoms with E-state index < -0.39 is 5.91 Å². The molecule has 170 valence electrons. The number of benzene rings is 2.